The number of hydrogen-bond donors (Lipinski definition) is 2. The van der Waals surface area contributed by atoms with E-state index >= 15 is 0 Å². The van der Waals surface area contributed by atoms with Crippen LogP contribution in [0.15, 0.2) is 59.8 Å². The number of esters is 1. The lowest BCUT2D eigenvalue weighted by molar-refractivity contribution is -0.115. The molecular weight excluding hydrogens is 587 g/mol. The molecule has 1 atom stereocenters. The summed E-state index contributed by atoms with van der Waals surface area (Å²) in [4.78, 5) is 40.0. The lowest BCUT2D eigenvalue weighted by Crippen LogP contribution is -2.25. The van der Waals surface area contributed by atoms with Gasteiger partial charge in [0.25, 0.3) is 5.91 Å². The predicted molar refractivity (Wildman–Crippen MR) is 166 cm³/mol. The second-order valence-corrected chi connectivity index (χ2v) is 12.3. The smallest absolute Gasteiger partial charge is 0.341 e. The Morgan fingerprint density at radius 2 is 1.84 bits per heavy atom. The molecule has 2 amide bonds. The molecule has 224 valence electrons. The number of thioether (sulfide) groups is 1. The maximum absolute atomic E-state index is 13.4. The summed E-state index contributed by atoms with van der Waals surface area (Å²) in [5.41, 5.74) is 2.99. The number of rotatable bonds is 12. The summed E-state index contributed by atoms with van der Waals surface area (Å²) >= 11 is 2.72. The van der Waals surface area contributed by atoms with E-state index < -0.39 is 11.2 Å². The fourth-order valence-electron chi connectivity index (χ4n) is 4.80. The Balaban J connectivity index is 1.32. The van der Waals surface area contributed by atoms with Gasteiger partial charge in [-0.3, -0.25) is 9.59 Å². The van der Waals surface area contributed by atoms with Gasteiger partial charge in [-0.1, -0.05) is 42.1 Å². The van der Waals surface area contributed by atoms with Gasteiger partial charge in [0, 0.05) is 10.4 Å². The number of ether oxygens (including phenoxy) is 2. The quantitative estimate of drug-likeness (QED) is 0.166. The average molecular weight is 620 g/mol. The molecule has 43 heavy (non-hydrogen) atoms. The number of methoxy groups -OCH3 is 1. The van der Waals surface area contributed by atoms with Crippen molar-refractivity contribution in [2.24, 2.45) is 0 Å². The summed E-state index contributed by atoms with van der Waals surface area (Å²) in [6.45, 7) is 4.44. The number of thiophene rings is 1. The molecule has 0 saturated heterocycles. The highest BCUT2D eigenvalue weighted by atomic mass is 32.2. The van der Waals surface area contributed by atoms with Crippen LogP contribution < -0.4 is 15.4 Å². The van der Waals surface area contributed by atoms with Crippen molar-refractivity contribution in [3.05, 3.63) is 87.6 Å². The van der Waals surface area contributed by atoms with Crippen LogP contribution in [0.2, 0.25) is 0 Å². The summed E-state index contributed by atoms with van der Waals surface area (Å²) < 4.78 is 12.4. The molecule has 2 N–H and O–H groups in total. The van der Waals surface area contributed by atoms with Gasteiger partial charge >= 0.3 is 5.97 Å². The Bertz CT molecular complexity index is 1600. The third-order valence-electron chi connectivity index (χ3n) is 7.03. The van der Waals surface area contributed by atoms with E-state index in [1.165, 1.54) is 23.1 Å². The van der Waals surface area contributed by atoms with Crippen LogP contribution in [-0.4, -0.2) is 51.5 Å². The van der Waals surface area contributed by atoms with Gasteiger partial charge in [0.05, 0.1) is 37.6 Å². The van der Waals surface area contributed by atoms with Crippen molar-refractivity contribution in [1.29, 1.82) is 0 Å². The molecule has 5 rings (SSSR count). The molecule has 0 saturated carbocycles. The van der Waals surface area contributed by atoms with Crippen LogP contribution in [0.5, 0.6) is 5.75 Å². The molecule has 1 unspecified atom stereocenters. The molecule has 0 radical (unpaired) electrons. The lowest BCUT2D eigenvalue weighted by Gasteiger charge is -2.15. The first-order valence-electron chi connectivity index (χ1n) is 14.0. The molecule has 10 nitrogen and oxygen atoms in total. The Hall–Kier alpha value is -4.16. The van der Waals surface area contributed by atoms with Gasteiger partial charge in [-0.15, -0.1) is 21.5 Å². The Morgan fingerprint density at radius 3 is 2.56 bits per heavy atom. The number of carbonyl (C=O) groups is 3. The molecule has 1 aliphatic carbocycles. The van der Waals surface area contributed by atoms with Gasteiger partial charge in [0.2, 0.25) is 5.91 Å². The highest BCUT2D eigenvalue weighted by Crippen LogP contribution is 2.40. The van der Waals surface area contributed by atoms with Gasteiger partial charge in [-0.2, -0.15) is 0 Å². The molecule has 0 fully saturated rings. The molecule has 4 aromatic rings. The summed E-state index contributed by atoms with van der Waals surface area (Å²) in [6.07, 6.45) is 2.70. The highest BCUT2D eigenvalue weighted by molar-refractivity contribution is 8.00. The fourth-order valence-corrected chi connectivity index (χ4v) is 6.95. The number of benzene rings is 2. The van der Waals surface area contributed by atoms with E-state index in [0.29, 0.717) is 39.4 Å². The van der Waals surface area contributed by atoms with Gasteiger partial charge in [-0.25, -0.2) is 4.79 Å². The molecule has 2 aromatic heterocycles. The first-order valence-corrected chi connectivity index (χ1v) is 15.7. The van der Waals surface area contributed by atoms with Crippen LogP contribution in [0, 0.1) is 0 Å². The molecule has 1 aliphatic rings. The van der Waals surface area contributed by atoms with E-state index in [1.807, 2.05) is 34.9 Å². The zero-order chi connectivity index (χ0) is 30.3. The van der Waals surface area contributed by atoms with Gasteiger partial charge in [0.1, 0.15) is 10.8 Å². The third kappa shape index (κ3) is 7.08. The normalized spacial score (nSPS) is 12.8. The summed E-state index contributed by atoms with van der Waals surface area (Å²) in [7, 11) is 1.57. The van der Waals surface area contributed by atoms with Crippen LogP contribution >= 0.6 is 23.1 Å². The van der Waals surface area contributed by atoms with Crippen molar-refractivity contribution in [1.82, 2.24) is 20.1 Å². The number of aromatic nitrogens is 3. The van der Waals surface area contributed by atoms with Crippen molar-refractivity contribution in [3.63, 3.8) is 0 Å². The van der Waals surface area contributed by atoms with Gasteiger partial charge < -0.3 is 24.7 Å². The molecule has 0 aliphatic heterocycles. The fraction of sp³-hybridized carbons (Fsp3) is 0.323. The molecule has 12 heteroatoms. The van der Waals surface area contributed by atoms with Crippen LogP contribution in [0.1, 0.15) is 62.8 Å². The Kier molecular flexibility index (Phi) is 9.78. The first kappa shape index (κ1) is 30.3. The maximum Gasteiger partial charge on any atom is 0.341 e. The number of anilines is 1. The van der Waals surface area contributed by atoms with Crippen molar-refractivity contribution in [3.8, 4) is 5.75 Å². The average Bonchev–Trinajstić information content (AvgIpc) is 3.71. The molecule has 0 bridgehead atoms. The minimum Gasteiger partial charge on any atom is -0.497 e. The number of carbonyl (C=O) groups excluding carboxylic acids is 3. The zero-order valence-electron chi connectivity index (χ0n) is 24.2. The standard InChI is InChI=1S/C31H33N5O5S2/c1-4-41-30(39)26-23-11-8-12-24(23)43-29(26)33-27(37)19(2)42-31-35-34-25(36(31)18-20-9-6-5-7-10-20)17-32-28(38)21-13-15-22(40-3)16-14-21/h5-7,9-10,13-16,19H,4,8,11-12,17-18H2,1-3H3,(H,32,38)(H,33,37). The third-order valence-corrected chi connectivity index (χ3v) is 9.31. The van der Waals surface area contributed by atoms with E-state index in [-0.39, 0.29) is 25.0 Å². The zero-order valence-corrected chi connectivity index (χ0v) is 25.8. The van der Waals surface area contributed by atoms with Crippen LogP contribution in [0.4, 0.5) is 5.00 Å². The maximum atomic E-state index is 13.4. The number of amides is 2. The van der Waals surface area contributed by atoms with E-state index in [1.54, 1.807) is 45.2 Å². The SMILES string of the molecule is CCOC(=O)c1c(NC(=O)C(C)Sc2nnc(CNC(=O)c3ccc(OC)cc3)n2Cc2ccccc2)sc2c1CCC2. The van der Waals surface area contributed by atoms with E-state index in [9.17, 15) is 14.4 Å². The number of nitrogens with one attached hydrogen (secondary N) is 2. The van der Waals surface area contributed by atoms with Crippen molar-refractivity contribution in [2.75, 3.05) is 19.0 Å². The van der Waals surface area contributed by atoms with Gasteiger partial charge in [0.15, 0.2) is 11.0 Å². The largest absolute Gasteiger partial charge is 0.497 e. The summed E-state index contributed by atoms with van der Waals surface area (Å²) in [6, 6.07) is 16.7. The molecule has 0 spiro atoms. The second-order valence-electron chi connectivity index (χ2n) is 9.91. The molecule has 2 aromatic carbocycles. The Labute approximate surface area is 258 Å². The number of hydrogen-bond acceptors (Lipinski definition) is 9. The van der Waals surface area contributed by atoms with Gasteiger partial charge in [-0.05, 0) is 68.5 Å². The van der Waals surface area contributed by atoms with E-state index in [0.717, 1.165) is 35.3 Å². The summed E-state index contributed by atoms with van der Waals surface area (Å²) in [5.74, 6) is 0.319. The number of fused-ring (bicyclic) bond motifs is 1. The first-order chi connectivity index (χ1) is 20.9. The van der Waals surface area contributed by atoms with Crippen LogP contribution in [-0.2, 0) is 35.5 Å². The second kappa shape index (κ2) is 13.9. The van der Waals surface area contributed by atoms with E-state index in [2.05, 4.69) is 20.8 Å². The van der Waals surface area contributed by atoms with Crippen LogP contribution in [0.25, 0.3) is 0 Å². The highest BCUT2D eigenvalue weighted by Gasteiger charge is 2.30. The summed E-state index contributed by atoms with van der Waals surface area (Å²) in [5, 5.41) is 15.2. The minimum atomic E-state index is -0.549. The Morgan fingerprint density at radius 1 is 1.07 bits per heavy atom. The molecule has 2 heterocycles. The van der Waals surface area contributed by atoms with Crippen molar-refractivity contribution in [2.45, 2.75) is 56.6 Å². The van der Waals surface area contributed by atoms with E-state index in [4.69, 9.17) is 9.47 Å². The monoisotopic (exact) mass is 619 g/mol. The number of nitrogens with zero attached hydrogens (tertiary/aromatic N) is 3. The minimum absolute atomic E-state index is 0.148. The predicted octanol–water partition coefficient (Wildman–Crippen LogP) is 5.11. The van der Waals surface area contributed by atoms with Crippen molar-refractivity contribution < 1.29 is 23.9 Å². The van der Waals surface area contributed by atoms with Crippen molar-refractivity contribution >= 4 is 45.9 Å². The number of aryl methyl sites for hydroxylation is 1. The molecular formula is C31H33N5O5S2. The van der Waals surface area contributed by atoms with Crippen LogP contribution in [0.3, 0.4) is 0 Å². The topological polar surface area (TPSA) is 124 Å². The lowest BCUT2D eigenvalue weighted by atomic mass is 10.1.